The minimum atomic E-state index is -1.03. The zero-order valence-electron chi connectivity index (χ0n) is 16.1. The molecular weight excluding hydrogens is 358 g/mol. The molecule has 1 aliphatic carbocycles. The molecule has 0 unspecified atom stereocenters. The van der Waals surface area contributed by atoms with Gasteiger partial charge in [-0.2, -0.15) is 0 Å². The zero-order valence-corrected chi connectivity index (χ0v) is 16.1. The van der Waals surface area contributed by atoms with Crippen molar-refractivity contribution in [3.63, 3.8) is 0 Å². The van der Waals surface area contributed by atoms with Crippen molar-refractivity contribution >= 4 is 23.4 Å². The van der Waals surface area contributed by atoms with Crippen LogP contribution in [0.2, 0.25) is 0 Å². The Morgan fingerprint density at radius 1 is 1.14 bits per heavy atom. The van der Waals surface area contributed by atoms with Gasteiger partial charge < -0.3 is 15.2 Å². The van der Waals surface area contributed by atoms with E-state index in [0.717, 1.165) is 24.0 Å². The molecule has 0 saturated heterocycles. The summed E-state index contributed by atoms with van der Waals surface area (Å²) in [5.74, 6) is -1.80. The van der Waals surface area contributed by atoms with Crippen molar-refractivity contribution in [3.8, 4) is 0 Å². The highest BCUT2D eigenvalue weighted by Gasteiger charge is 2.18. The Kier molecular flexibility index (Phi) is 8.46. The number of esters is 1. The topological polar surface area (TPSA) is 92.7 Å². The van der Waals surface area contributed by atoms with Gasteiger partial charge in [0.15, 0.2) is 0 Å². The normalized spacial score (nSPS) is 14.1. The van der Waals surface area contributed by atoms with Crippen LogP contribution in [-0.4, -0.2) is 35.6 Å². The lowest BCUT2D eigenvalue weighted by Gasteiger charge is -2.18. The van der Waals surface area contributed by atoms with Crippen LogP contribution in [0.25, 0.3) is 5.57 Å². The van der Waals surface area contributed by atoms with E-state index in [2.05, 4.69) is 23.5 Å². The highest BCUT2D eigenvalue weighted by atomic mass is 16.5. The third-order valence-electron chi connectivity index (χ3n) is 4.41. The summed E-state index contributed by atoms with van der Waals surface area (Å²) in [7, 11) is 0. The second-order valence-corrected chi connectivity index (χ2v) is 6.71. The Morgan fingerprint density at radius 3 is 2.50 bits per heavy atom. The Hall–Kier alpha value is -2.89. The van der Waals surface area contributed by atoms with Gasteiger partial charge in [0.05, 0.1) is 19.4 Å². The van der Waals surface area contributed by atoms with Gasteiger partial charge in [0.2, 0.25) is 5.91 Å². The van der Waals surface area contributed by atoms with Crippen molar-refractivity contribution in [2.45, 2.75) is 51.5 Å². The molecule has 1 aromatic rings. The number of allylic oxidation sites excluding steroid dienone is 4. The van der Waals surface area contributed by atoms with Gasteiger partial charge in [-0.1, -0.05) is 42.5 Å². The molecule has 150 valence electrons. The molecule has 2 N–H and O–H groups in total. The number of carboxylic acids is 1. The highest BCUT2D eigenvalue weighted by molar-refractivity contribution is 5.81. The maximum absolute atomic E-state index is 12.0. The van der Waals surface area contributed by atoms with Crippen molar-refractivity contribution < 1.29 is 24.2 Å². The Bertz CT molecular complexity index is 749. The van der Waals surface area contributed by atoms with E-state index >= 15 is 0 Å². The summed E-state index contributed by atoms with van der Waals surface area (Å²) in [4.78, 5) is 34.5. The number of hydrogen-bond donors (Lipinski definition) is 2. The van der Waals surface area contributed by atoms with Crippen molar-refractivity contribution in [2.24, 2.45) is 0 Å². The van der Waals surface area contributed by atoms with Crippen LogP contribution in [0.3, 0.4) is 0 Å². The first kappa shape index (κ1) is 21.4. The highest BCUT2D eigenvalue weighted by Crippen LogP contribution is 2.22. The molecule has 6 nitrogen and oxygen atoms in total. The summed E-state index contributed by atoms with van der Waals surface area (Å²) in [6.07, 6.45) is 8.74. The van der Waals surface area contributed by atoms with Crippen molar-refractivity contribution in [1.29, 1.82) is 0 Å². The fraction of sp³-hybridized carbons (Fsp3) is 0.409. The number of benzene rings is 1. The first-order chi connectivity index (χ1) is 13.5. The molecule has 1 atom stereocenters. The van der Waals surface area contributed by atoms with Gasteiger partial charge in [-0.15, -0.1) is 0 Å². The average molecular weight is 385 g/mol. The number of hydrogen-bond acceptors (Lipinski definition) is 4. The van der Waals surface area contributed by atoms with Crippen LogP contribution < -0.4 is 5.32 Å². The summed E-state index contributed by atoms with van der Waals surface area (Å²) in [5, 5.41) is 11.5. The zero-order chi connectivity index (χ0) is 20.4. The standard InChI is InChI=1S/C22H27NO5/c1-2-28-22(27)15-19(23-20(24)12-13-21(25)26)14-16-8-10-18(11-9-16)17-6-4-3-5-7-17/h4,6-11,19H,2-3,5,12-15H2,1H3,(H,23,24)(H,25,26)/t19-/m1/s1. The third kappa shape index (κ3) is 7.39. The van der Waals surface area contributed by atoms with Gasteiger partial charge in [-0.3, -0.25) is 14.4 Å². The van der Waals surface area contributed by atoms with E-state index in [1.165, 1.54) is 5.57 Å². The Morgan fingerprint density at radius 2 is 1.89 bits per heavy atom. The summed E-state index contributed by atoms with van der Waals surface area (Å²) in [6.45, 7) is 2.00. The molecule has 0 bridgehead atoms. The molecule has 0 aliphatic heterocycles. The Balaban J connectivity index is 2.02. The molecule has 0 heterocycles. The van der Waals surface area contributed by atoms with E-state index in [9.17, 15) is 14.4 Å². The van der Waals surface area contributed by atoms with Gasteiger partial charge in [0, 0.05) is 12.5 Å². The predicted octanol–water partition coefficient (Wildman–Crippen LogP) is 3.27. The van der Waals surface area contributed by atoms with E-state index in [4.69, 9.17) is 9.84 Å². The van der Waals surface area contributed by atoms with Crippen LogP contribution in [-0.2, 0) is 25.5 Å². The van der Waals surface area contributed by atoms with Crippen LogP contribution in [0.15, 0.2) is 42.5 Å². The largest absolute Gasteiger partial charge is 0.481 e. The number of rotatable bonds is 10. The second-order valence-electron chi connectivity index (χ2n) is 6.71. The van der Waals surface area contributed by atoms with Crippen LogP contribution in [0, 0.1) is 0 Å². The second kappa shape index (κ2) is 11.1. The lowest BCUT2D eigenvalue weighted by Crippen LogP contribution is -2.38. The van der Waals surface area contributed by atoms with Crippen LogP contribution >= 0.6 is 0 Å². The molecule has 1 aliphatic rings. The van der Waals surface area contributed by atoms with Gasteiger partial charge >= 0.3 is 11.9 Å². The van der Waals surface area contributed by atoms with E-state index in [1.54, 1.807) is 6.92 Å². The first-order valence-electron chi connectivity index (χ1n) is 9.60. The lowest BCUT2D eigenvalue weighted by atomic mass is 9.96. The molecule has 1 aromatic carbocycles. The fourth-order valence-corrected chi connectivity index (χ4v) is 3.06. The summed E-state index contributed by atoms with van der Waals surface area (Å²) >= 11 is 0. The number of carboxylic acid groups (broad SMARTS) is 1. The minimum Gasteiger partial charge on any atom is -0.481 e. The van der Waals surface area contributed by atoms with Gasteiger partial charge in [-0.25, -0.2) is 0 Å². The number of nitrogens with one attached hydrogen (secondary N) is 1. The Labute approximate surface area is 165 Å². The minimum absolute atomic E-state index is 0.0439. The molecular formula is C22H27NO5. The molecule has 6 heteroatoms. The predicted molar refractivity (Wildman–Crippen MR) is 107 cm³/mol. The quantitative estimate of drug-likeness (QED) is 0.603. The van der Waals surface area contributed by atoms with E-state index in [-0.39, 0.29) is 37.7 Å². The summed E-state index contributed by atoms with van der Waals surface area (Å²) in [6, 6.07) is 7.59. The monoisotopic (exact) mass is 385 g/mol. The third-order valence-corrected chi connectivity index (χ3v) is 4.41. The number of aliphatic carboxylic acids is 1. The van der Waals surface area contributed by atoms with E-state index in [1.807, 2.05) is 24.3 Å². The fourth-order valence-electron chi connectivity index (χ4n) is 3.06. The van der Waals surface area contributed by atoms with Gasteiger partial charge in [0.1, 0.15) is 0 Å². The van der Waals surface area contributed by atoms with Crippen LogP contribution in [0.4, 0.5) is 0 Å². The van der Waals surface area contributed by atoms with E-state index in [0.29, 0.717) is 6.42 Å². The van der Waals surface area contributed by atoms with Crippen LogP contribution in [0.1, 0.15) is 50.2 Å². The van der Waals surface area contributed by atoms with Gasteiger partial charge in [0.25, 0.3) is 0 Å². The molecule has 2 rings (SSSR count). The van der Waals surface area contributed by atoms with Crippen molar-refractivity contribution in [3.05, 3.63) is 53.6 Å². The molecule has 0 aromatic heterocycles. The molecule has 1 amide bonds. The maximum Gasteiger partial charge on any atom is 0.307 e. The number of carbonyl (C=O) groups is 3. The average Bonchev–Trinajstić information content (AvgIpc) is 2.68. The number of amides is 1. The molecule has 0 spiro atoms. The number of carbonyl (C=O) groups excluding carboxylic acids is 2. The first-order valence-corrected chi connectivity index (χ1v) is 9.60. The molecule has 28 heavy (non-hydrogen) atoms. The molecule has 0 radical (unpaired) electrons. The van der Waals surface area contributed by atoms with Crippen molar-refractivity contribution in [2.75, 3.05) is 6.61 Å². The smallest absolute Gasteiger partial charge is 0.307 e. The summed E-state index contributed by atoms with van der Waals surface area (Å²) in [5.41, 5.74) is 3.31. The van der Waals surface area contributed by atoms with Gasteiger partial charge in [-0.05, 0) is 42.9 Å². The summed E-state index contributed by atoms with van der Waals surface area (Å²) < 4.78 is 4.99. The SMILES string of the molecule is CCOC(=O)C[C@@H](Cc1ccc(C2=CCCC=C2)cc1)NC(=O)CCC(=O)O. The molecule has 0 saturated carbocycles. The van der Waals surface area contributed by atoms with E-state index < -0.39 is 12.0 Å². The van der Waals surface area contributed by atoms with Crippen LogP contribution in [0.5, 0.6) is 0 Å². The molecule has 0 fully saturated rings. The van der Waals surface area contributed by atoms with Crippen molar-refractivity contribution in [1.82, 2.24) is 5.32 Å². The maximum atomic E-state index is 12.0. The number of ether oxygens (including phenoxy) is 1. The lowest BCUT2D eigenvalue weighted by molar-refractivity contribution is -0.144.